The van der Waals surface area contributed by atoms with E-state index in [9.17, 15) is 14.4 Å². The van der Waals surface area contributed by atoms with E-state index in [1.54, 1.807) is 0 Å². The first-order valence-electron chi connectivity index (χ1n) is 9.47. The Labute approximate surface area is 161 Å². The quantitative estimate of drug-likeness (QED) is 0.737. The highest BCUT2D eigenvalue weighted by Crippen LogP contribution is 2.26. The molecule has 1 N–H and O–H groups in total. The van der Waals surface area contributed by atoms with Gasteiger partial charge in [-0.1, -0.05) is 17.7 Å². The van der Waals surface area contributed by atoms with Crippen LogP contribution in [0.1, 0.15) is 18.4 Å². The molecule has 2 aliphatic rings. The SMILES string of the molecule is Cc1ccc(N2CCn3c2nn(CC(=O)NC[C@@H]2CCCO2)c(=O)c3=O)cc1. The zero-order valence-corrected chi connectivity index (χ0v) is 15.8. The molecule has 0 unspecified atom stereocenters. The molecule has 0 spiro atoms. The number of rotatable bonds is 5. The average molecular weight is 385 g/mol. The van der Waals surface area contributed by atoms with Crippen LogP contribution in [-0.4, -0.2) is 46.1 Å². The zero-order chi connectivity index (χ0) is 19.7. The van der Waals surface area contributed by atoms with Crippen molar-refractivity contribution in [1.82, 2.24) is 19.7 Å². The van der Waals surface area contributed by atoms with Gasteiger partial charge in [0.25, 0.3) is 0 Å². The highest BCUT2D eigenvalue weighted by atomic mass is 16.5. The molecule has 148 valence electrons. The lowest BCUT2D eigenvalue weighted by atomic mass is 10.2. The van der Waals surface area contributed by atoms with Gasteiger partial charge in [0, 0.05) is 31.9 Å². The highest BCUT2D eigenvalue weighted by molar-refractivity contribution is 5.75. The average Bonchev–Trinajstić information content (AvgIpc) is 3.35. The first-order valence-corrected chi connectivity index (χ1v) is 9.47. The van der Waals surface area contributed by atoms with Crippen LogP contribution in [0.15, 0.2) is 33.9 Å². The summed E-state index contributed by atoms with van der Waals surface area (Å²) in [4.78, 5) is 38.9. The summed E-state index contributed by atoms with van der Waals surface area (Å²) >= 11 is 0. The zero-order valence-electron chi connectivity index (χ0n) is 15.8. The summed E-state index contributed by atoms with van der Waals surface area (Å²) in [6, 6.07) is 7.84. The van der Waals surface area contributed by atoms with Crippen molar-refractivity contribution in [3.63, 3.8) is 0 Å². The summed E-state index contributed by atoms with van der Waals surface area (Å²) in [5, 5.41) is 7.07. The lowest BCUT2D eigenvalue weighted by Gasteiger charge is -2.18. The van der Waals surface area contributed by atoms with Crippen molar-refractivity contribution in [3.05, 3.63) is 50.5 Å². The van der Waals surface area contributed by atoms with Crippen molar-refractivity contribution in [1.29, 1.82) is 0 Å². The molecule has 28 heavy (non-hydrogen) atoms. The number of anilines is 2. The number of carbonyl (C=O) groups excluding carboxylic acids is 1. The van der Waals surface area contributed by atoms with Crippen LogP contribution >= 0.6 is 0 Å². The van der Waals surface area contributed by atoms with Crippen LogP contribution in [0.4, 0.5) is 11.6 Å². The Bertz CT molecular complexity index is 989. The number of hydrogen-bond acceptors (Lipinski definition) is 6. The van der Waals surface area contributed by atoms with Gasteiger partial charge >= 0.3 is 11.1 Å². The molecule has 2 aromatic rings. The minimum absolute atomic E-state index is 0.0105. The third-order valence-corrected chi connectivity index (χ3v) is 5.09. The van der Waals surface area contributed by atoms with E-state index in [-0.39, 0.29) is 18.6 Å². The van der Waals surface area contributed by atoms with Crippen LogP contribution in [-0.2, 0) is 22.6 Å². The van der Waals surface area contributed by atoms with E-state index in [1.165, 1.54) is 4.57 Å². The standard InChI is InChI=1S/C19H23N5O4/c1-13-4-6-14(7-5-13)22-8-9-23-17(26)18(27)24(21-19(22)23)12-16(25)20-11-15-3-2-10-28-15/h4-7,15H,2-3,8-12H2,1H3,(H,20,25)/t15-/m0/s1. The van der Waals surface area contributed by atoms with Crippen LogP contribution in [0.2, 0.25) is 0 Å². The van der Waals surface area contributed by atoms with Gasteiger partial charge in [0.15, 0.2) is 0 Å². The molecule has 3 heterocycles. The molecular weight excluding hydrogens is 362 g/mol. The maximum Gasteiger partial charge on any atom is 0.333 e. The lowest BCUT2D eigenvalue weighted by molar-refractivity contribution is -0.122. The van der Waals surface area contributed by atoms with E-state index in [4.69, 9.17) is 4.74 Å². The first kappa shape index (κ1) is 18.4. The molecule has 1 aromatic heterocycles. The first-order chi connectivity index (χ1) is 13.5. The minimum atomic E-state index is -0.790. The summed E-state index contributed by atoms with van der Waals surface area (Å²) in [6.45, 7) is 3.73. The van der Waals surface area contributed by atoms with Crippen LogP contribution in [0.3, 0.4) is 0 Å². The number of nitrogens with zero attached hydrogens (tertiary/aromatic N) is 4. The van der Waals surface area contributed by atoms with Gasteiger partial charge in [-0.2, -0.15) is 0 Å². The Hall–Kier alpha value is -2.94. The van der Waals surface area contributed by atoms with Gasteiger partial charge in [0.05, 0.1) is 6.10 Å². The van der Waals surface area contributed by atoms with E-state index < -0.39 is 11.1 Å². The second-order valence-corrected chi connectivity index (χ2v) is 7.15. The number of aromatic nitrogens is 3. The summed E-state index contributed by atoms with van der Waals surface area (Å²) in [5.74, 6) is 0.00899. The lowest BCUT2D eigenvalue weighted by Crippen LogP contribution is -2.45. The normalized spacial score (nSPS) is 18.3. The van der Waals surface area contributed by atoms with E-state index in [0.717, 1.165) is 28.8 Å². The number of ether oxygens (including phenoxy) is 1. The molecule has 1 atom stereocenters. The van der Waals surface area contributed by atoms with Gasteiger partial charge in [0.1, 0.15) is 6.54 Å². The van der Waals surface area contributed by atoms with Crippen molar-refractivity contribution < 1.29 is 9.53 Å². The van der Waals surface area contributed by atoms with Gasteiger partial charge in [-0.25, -0.2) is 4.68 Å². The number of aryl methyl sites for hydroxylation is 1. The van der Waals surface area contributed by atoms with Gasteiger partial charge in [-0.15, -0.1) is 5.10 Å². The molecule has 0 aliphatic carbocycles. The number of carbonyl (C=O) groups is 1. The van der Waals surface area contributed by atoms with Gasteiger partial charge in [-0.05, 0) is 31.9 Å². The van der Waals surface area contributed by atoms with Crippen molar-refractivity contribution in [2.45, 2.75) is 39.0 Å². The maximum absolute atomic E-state index is 12.5. The van der Waals surface area contributed by atoms with Crippen LogP contribution < -0.4 is 21.3 Å². The van der Waals surface area contributed by atoms with Gasteiger partial charge in [-0.3, -0.25) is 19.0 Å². The Morgan fingerprint density at radius 2 is 2.00 bits per heavy atom. The van der Waals surface area contributed by atoms with E-state index in [1.807, 2.05) is 36.1 Å². The number of benzene rings is 1. The molecule has 2 aliphatic heterocycles. The van der Waals surface area contributed by atoms with E-state index >= 15 is 0 Å². The van der Waals surface area contributed by atoms with Crippen molar-refractivity contribution in [2.75, 3.05) is 24.6 Å². The summed E-state index contributed by atoms with van der Waals surface area (Å²) < 4.78 is 7.78. The van der Waals surface area contributed by atoms with Gasteiger partial charge < -0.3 is 15.0 Å². The Morgan fingerprint density at radius 1 is 1.21 bits per heavy atom. The minimum Gasteiger partial charge on any atom is -0.376 e. The number of hydrogen-bond donors (Lipinski definition) is 1. The molecule has 9 nitrogen and oxygen atoms in total. The van der Waals surface area contributed by atoms with Crippen molar-refractivity contribution in [2.24, 2.45) is 0 Å². The molecular formula is C19H23N5O4. The Balaban J connectivity index is 1.56. The molecule has 0 radical (unpaired) electrons. The van der Waals surface area contributed by atoms with E-state index in [2.05, 4.69) is 10.4 Å². The van der Waals surface area contributed by atoms with Crippen LogP contribution in [0.25, 0.3) is 0 Å². The number of amides is 1. The van der Waals surface area contributed by atoms with Crippen molar-refractivity contribution >= 4 is 17.5 Å². The summed E-state index contributed by atoms with van der Waals surface area (Å²) in [7, 11) is 0. The molecule has 1 fully saturated rings. The molecule has 9 heteroatoms. The fraction of sp³-hybridized carbons (Fsp3) is 0.474. The fourth-order valence-corrected chi connectivity index (χ4v) is 3.53. The van der Waals surface area contributed by atoms with Crippen LogP contribution in [0.5, 0.6) is 0 Å². The van der Waals surface area contributed by atoms with Crippen molar-refractivity contribution in [3.8, 4) is 0 Å². The highest BCUT2D eigenvalue weighted by Gasteiger charge is 2.26. The third kappa shape index (κ3) is 3.57. The predicted molar refractivity (Wildman–Crippen MR) is 103 cm³/mol. The Kier molecular flexibility index (Phi) is 4.99. The van der Waals surface area contributed by atoms with Crippen LogP contribution in [0, 0.1) is 6.92 Å². The topological polar surface area (TPSA) is 98.5 Å². The second-order valence-electron chi connectivity index (χ2n) is 7.15. The predicted octanol–water partition coefficient (Wildman–Crippen LogP) is 0.160. The largest absolute Gasteiger partial charge is 0.376 e. The second kappa shape index (κ2) is 7.59. The smallest absolute Gasteiger partial charge is 0.333 e. The molecule has 1 amide bonds. The fourth-order valence-electron chi connectivity index (χ4n) is 3.53. The molecule has 0 saturated carbocycles. The monoisotopic (exact) mass is 385 g/mol. The molecule has 0 bridgehead atoms. The number of fused-ring (bicyclic) bond motifs is 1. The maximum atomic E-state index is 12.5. The number of nitrogens with one attached hydrogen (secondary N) is 1. The van der Waals surface area contributed by atoms with Gasteiger partial charge in [0.2, 0.25) is 11.9 Å². The van der Waals surface area contributed by atoms with E-state index in [0.29, 0.717) is 32.2 Å². The molecule has 4 rings (SSSR count). The summed E-state index contributed by atoms with van der Waals surface area (Å²) in [5.41, 5.74) is 0.561. The third-order valence-electron chi connectivity index (χ3n) is 5.09. The molecule has 1 saturated heterocycles. The molecule has 1 aromatic carbocycles. The Morgan fingerprint density at radius 3 is 2.71 bits per heavy atom. The summed E-state index contributed by atoms with van der Waals surface area (Å²) in [6.07, 6.45) is 1.90.